The lowest BCUT2D eigenvalue weighted by Gasteiger charge is -2.33. The molecule has 1 amide bonds. The fourth-order valence-corrected chi connectivity index (χ4v) is 3.31. The Kier molecular flexibility index (Phi) is 6.97. The van der Waals surface area contributed by atoms with Crippen LogP contribution >= 0.6 is 11.8 Å². The molecule has 100 valence electrons. The summed E-state index contributed by atoms with van der Waals surface area (Å²) in [4.78, 5) is 11.8. The number of thioether (sulfide) groups is 1. The second-order valence-electron chi connectivity index (χ2n) is 4.84. The Balaban J connectivity index is 2.37. The van der Waals surface area contributed by atoms with Crippen LogP contribution in [-0.4, -0.2) is 36.0 Å². The van der Waals surface area contributed by atoms with E-state index in [-0.39, 0.29) is 11.9 Å². The molecule has 1 fully saturated rings. The minimum atomic E-state index is -0.0701. The van der Waals surface area contributed by atoms with Crippen LogP contribution in [0.3, 0.4) is 0 Å². The van der Waals surface area contributed by atoms with Gasteiger partial charge in [-0.25, -0.2) is 0 Å². The first-order valence-corrected chi connectivity index (χ1v) is 8.04. The number of nitrogens with one attached hydrogen (secondary N) is 2. The third-order valence-electron chi connectivity index (χ3n) is 3.41. The Morgan fingerprint density at radius 3 is 2.76 bits per heavy atom. The summed E-state index contributed by atoms with van der Waals surface area (Å²) in [6.07, 6.45) is 8.28. The van der Waals surface area contributed by atoms with Crippen LogP contribution < -0.4 is 10.6 Å². The highest BCUT2D eigenvalue weighted by Crippen LogP contribution is 2.27. The smallest absolute Gasteiger partial charge is 0.236 e. The quantitative estimate of drug-likeness (QED) is 0.767. The summed E-state index contributed by atoms with van der Waals surface area (Å²) in [6.45, 7) is 4.82. The van der Waals surface area contributed by atoms with Gasteiger partial charge in [-0.2, -0.15) is 11.8 Å². The van der Waals surface area contributed by atoms with E-state index in [2.05, 4.69) is 23.8 Å². The van der Waals surface area contributed by atoms with Crippen molar-refractivity contribution >= 4 is 17.7 Å². The third kappa shape index (κ3) is 4.88. The molecule has 1 aliphatic carbocycles. The molecule has 0 aromatic rings. The summed E-state index contributed by atoms with van der Waals surface area (Å²) >= 11 is 1.93. The van der Waals surface area contributed by atoms with Crippen LogP contribution in [0.2, 0.25) is 0 Å². The molecule has 2 N–H and O–H groups in total. The third-order valence-corrected chi connectivity index (χ3v) is 4.58. The molecular formula is C13H26N2OS. The summed E-state index contributed by atoms with van der Waals surface area (Å²) in [5.74, 6) is 0.136. The SMILES string of the molecule is CCCNC(=O)C(C)NC1CCCCC1SC. The molecule has 0 aromatic carbocycles. The largest absolute Gasteiger partial charge is 0.355 e. The summed E-state index contributed by atoms with van der Waals surface area (Å²) < 4.78 is 0. The van der Waals surface area contributed by atoms with Crippen LogP contribution in [0.5, 0.6) is 0 Å². The molecule has 0 spiro atoms. The van der Waals surface area contributed by atoms with Gasteiger partial charge in [0.05, 0.1) is 6.04 Å². The van der Waals surface area contributed by atoms with Gasteiger partial charge in [0.15, 0.2) is 0 Å². The lowest BCUT2D eigenvalue weighted by molar-refractivity contribution is -0.122. The van der Waals surface area contributed by atoms with Crippen molar-refractivity contribution in [3.8, 4) is 0 Å². The Bertz CT molecular complexity index is 235. The highest BCUT2D eigenvalue weighted by Gasteiger charge is 2.26. The zero-order valence-electron chi connectivity index (χ0n) is 11.3. The van der Waals surface area contributed by atoms with Crippen LogP contribution in [0.15, 0.2) is 0 Å². The lowest BCUT2D eigenvalue weighted by atomic mass is 9.94. The van der Waals surface area contributed by atoms with Crippen molar-refractivity contribution in [1.29, 1.82) is 0 Å². The van der Waals surface area contributed by atoms with E-state index in [1.165, 1.54) is 25.7 Å². The molecule has 0 aromatic heterocycles. The Morgan fingerprint density at radius 1 is 1.41 bits per heavy atom. The molecule has 4 heteroatoms. The molecule has 17 heavy (non-hydrogen) atoms. The zero-order valence-corrected chi connectivity index (χ0v) is 12.1. The van der Waals surface area contributed by atoms with Crippen LogP contribution in [0, 0.1) is 0 Å². The van der Waals surface area contributed by atoms with E-state index in [0.29, 0.717) is 11.3 Å². The standard InChI is InChI=1S/C13H26N2OS/c1-4-9-14-13(16)10(2)15-11-7-5-6-8-12(11)17-3/h10-12,15H,4-9H2,1-3H3,(H,14,16). The maximum atomic E-state index is 11.8. The number of rotatable bonds is 6. The molecular weight excluding hydrogens is 232 g/mol. The van der Waals surface area contributed by atoms with E-state index in [9.17, 15) is 4.79 Å². The topological polar surface area (TPSA) is 41.1 Å². The number of carbonyl (C=O) groups excluding carboxylic acids is 1. The van der Waals surface area contributed by atoms with Gasteiger partial charge in [0.25, 0.3) is 0 Å². The molecule has 1 aliphatic rings. The van der Waals surface area contributed by atoms with Gasteiger partial charge >= 0.3 is 0 Å². The summed E-state index contributed by atoms with van der Waals surface area (Å²) in [5.41, 5.74) is 0. The summed E-state index contributed by atoms with van der Waals surface area (Å²) in [6, 6.07) is 0.431. The molecule has 3 atom stereocenters. The number of hydrogen-bond acceptors (Lipinski definition) is 3. The normalized spacial score (nSPS) is 26.5. The van der Waals surface area contributed by atoms with Crippen molar-refractivity contribution in [1.82, 2.24) is 10.6 Å². The summed E-state index contributed by atoms with van der Waals surface area (Å²) in [7, 11) is 0. The molecule has 3 nitrogen and oxygen atoms in total. The number of carbonyl (C=O) groups is 1. The van der Waals surface area contributed by atoms with Gasteiger partial charge in [0.1, 0.15) is 0 Å². The Labute approximate surface area is 109 Å². The predicted octanol–water partition coefficient (Wildman–Crippen LogP) is 2.16. The van der Waals surface area contributed by atoms with E-state index in [1.807, 2.05) is 18.7 Å². The number of hydrogen-bond donors (Lipinski definition) is 2. The highest BCUT2D eigenvalue weighted by atomic mass is 32.2. The molecule has 3 unspecified atom stereocenters. The molecule has 0 heterocycles. The maximum Gasteiger partial charge on any atom is 0.236 e. The van der Waals surface area contributed by atoms with Crippen LogP contribution in [0.1, 0.15) is 46.0 Å². The van der Waals surface area contributed by atoms with Gasteiger partial charge in [-0.15, -0.1) is 0 Å². The average molecular weight is 258 g/mol. The fraction of sp³-hybridized carbons (Fsp3) is 0.923. The van der Waals surface area contributed by atoms with Crippen LogP contribution in [-0.2, 0) is 4.79 Å². The first-order valence-electron chi connectivity index (χ1n) is 6.75. The van der Waals surface area contributed by atoms with Gasteiger partial charge in [0.2, 0.25) is 5.91 Å². The van der Waals surface area contributed by atoms with Gasteiger partial charge in [0, 0.05) is 17.8 Å². The second kappa shape index (κ2) is 7.98. The molecule has 1 rings (SSSR count). The van der Waals surface area contributed by atoms with Gasteiger partial charge in [-0.1, -0.05) is 19.8 Å². The van der Waals surface area contributed by atoms with Crippen LogP contribution in [0.4, 0.5) is 0 Å². The van der Waals surface area contributed by atoms with E-state index in [1.54, 1.807) is 0 Å². The maximum absolute atomic E-state index is 11.8. The zero-order chi connectivity index (χ0) is 12.7. The predicted molar refractivity (Wildman–Crippen MR) is 75.5 cm³/mol. The Hall–Kier alpha value is -0.220. The summed E-state index contributed by atoms with van der Waals surface area (Å²) in [5, 5.41) is 7.11. The molecule has 0 aliphatic heterocycles. The van der Waals surface area contributed by atoms with Crippen molar-refractivity contribution < 1.29 is 4.79 Å². The Morgan fingerprint density at radius 2 is 2.12 bits per heavy atom. The second-order valence-corrected chi connectivity index (χ2v) is 5.92. The van der Waals surface area contributed by atoms with Gasteiger partial charge < -0.3 is 10.6 Å². The molecule has 0 saturated heterocycles. The van der Waals surface area contributed by atoms with Crippen molar-refractivity contribution in [3.05, 3.63) is 0 Å². The minimum Gasteiger partial charge on any atom is -0.355 e. The first kappa shape index (κ1) is 14.8. The van der Waals surface area contributed by atoms with E-state index in [4.69, 9.17) is 0 Å². The molecule has 0 radical (unpaired) electrons. The lowest BCUT2D eigenvalue weighted by Crippen LogP contribution is -2.50. The minimum absolute atomic E-state index is 0.0701. The average Bonchev–Trinajstić information content (AvgIpc) is 2.36. The van der Waals surface area contributed by atoms with Gasteiger partial charge in [-0.3, -0.25) is 4.79 Å². The first-order chi connectivity index (χ1) is 8.19. The molecule has 0 bridgehead atoms. The fourth-order valence-electron chi connectivity index (χ4n) is 2.37. The van der Waals surface area contributed by atoms with Crippen molar-refractivity contribution in [2.75, 3.05) is 12.8 Å². The van der Waals surface area contributed by atoms with E-state index < -0.39 is 0 Å². The highest BCUT2D eigenvalue weighted by molar-refractivity contribution is 7.99. The van der Waals surface area contributed by atoms with Gasteiger partial charge in [-0.05, 0) is 32.4 Å². The monoisotopic (exact) mass is 258 g/mol. The van der Waals surface area contributed by atoms with Crippen molar-refractivity contribution in [3.63, 3.8) is 0 Å². The van der Waals surface area contributed by atoms with E-state index in [0.717, 1.165) is 13.0 Å². The van der Waals surface area contributed by atoms with Crippen LogP contribution in [0.25, 0.3) is 0 Å². The van der Waals surface area contributed by atoms with E-state index >= 15 is 0 Å². The number of amides is 1. The molecule has 1 saturated carbocycles. The van der Waals surface area contributed by atoms with Crippen molar-refractivity contribution in [2.45, 2.75) is 63.3 Å². The van der Waals surface area contributed by atoms with Crippen molar-refractivity contribution in [2.24, 2.45) is 0 Å².